The molecule has 0 spiro atoms. The van der Waals surface area contributed by atoms with Crippen LogP contribution in [-0.4, -0.2) is 22.4 Å². The first kappa shape index (κ1) is 18.3. The zero-order valence-electron chi connectivity index (χ0n) is 12.8. The molecule has 2 aromatic rings. The molecule has 0 atom stereocenters. The van der Waals surface area contributed by atoms with Gasteiger partial charge in [-0.15, -0.1) is 0 Å². The molecule has 4 nitrogen and oxygen atoms in total. The van der Waals surface area contributed by atoms with Crippen molar-refractivity contribution >= 4 is 73.5 Å². The number of thioether (sulfide) groups is 1. The summed E-state index contributed by atoms with van der Waals surface area (Å²) in [6, 6.07) is 10.1. The highest BCUT2D eigenvalue weighted by Crippen LogP contribution is 2.38. The van der Waals surface area contributed by atoms with Gasteiger partial charge >= 0.3 is 0 Å². The molecule has 1 fully saturated rings. The van der Waals surface area contributed by atoms with E-state index >= 15 is 0 Å². The van der Waals surface area contributed by atoms with Crippen LogP contribution in [0.5, 0.6) is 11.5 Å². The molecular formula is C17H11BrClNO3S2. The molecule has 1 heterocycles. The second-order valence-corrected chi connectivity index (χ2v) is 7.98. The van der Waals surface area contributed by atoms with Gasteiger partial charge in [-0.25, -0.2) is 0 Å². The third-order valence-electron chi connectivity index (χ3n) is 3.46. The number of rotatable bonds is 3. The minimum atomic E-state index is -0.222. The van der Waals surface area contributed by atoms with Crippen molar-refractivity contribution in [3.8, 4) is 11.5 Å². The maximum absolute atomic E-state index is 12.8. The fourth-order valence-electron chi connectivity index (χ4n) is 2.25. The van der Waals surface area contributed by atoms with Crippen molar-refractivity contribution < 1.29 is 14.6 Å². The number of hydrogen-bond donors (Lipinski definition) is 1. The highest BCUT2D eigenvalue weighted by molar-refractivity contribution is 9.10. The zero-order chi connectivity index (χ0) is 18.1. The van der Waals surface area contributed by atoms with E-state index in [1.54, 1.807) is 36.4 Å². The van der Waals surface area contributed by atoms with E-state index in [4.69, 9.17) is 28.6 Å². The van der Waals surface area contributed by atoms with Crippen molar-refractivity contribution in [1.82, 2.24) is 0 Å². The molecule has 1 N–H and O–H groups in total. The van der Waals surface area contributed by atoms with Crippen LogP contribution < -0.4 is 9.64 Å². The highest BCUT2D eigenvalue weighted by atomic mass is 79.9. The van der Waals surface area contributed by atoms with Crippen LogP contribution in [-0.2, 0) is 4.79 Å². The number of methoxy groups -OCH3 is 1. The number of aromatic hydroxyl groups is 1. The molecule has 1 aliphatic rings. The molecule has 0 bridgehead atoms. The molecule has 0 saturated carbocycles. The molecule has 2 aromatic carbocycles. The highest BCUT2D eigenvalue weighted by Gasteiger charge is 2.33. The molecule has 0 radical (unpaired) electrons. The quantitative estimate of drug-likeness (QED) is 0.507. The van der Waals surface area contributed by atoms with E-state index in [1.807, 2.05) is 0 Å². The third kappa shape index (κ3) is 3.69. The third-order valence-corrected chi connectivity index (χ3v) is 5.99. The monoisotopic (exact) mass is 455 g/mol. The first-order chi connectivity index (χ1) is 11.9. The number of benzene rings is 2. The lowest BCUT2D eigenvalue weighted by Crippen LogP contribution is -2.27. The normalized spacial score (nSPS) is 16.0. The molecule has 1 amide bonds. The molecule has 25 heavy (non-hydrogen) atoms. The van der Waals surface area contributed by atoms with Crippen molar-refractivity contribution in [2.45, 2.75) is 0 Å². The Hall–Kier alpha value is -1.54. The number of phenolic OH excluding ortho intramolecular Hbond substituents is 1. The lowest BCUT2D eigenvalue weighted by molar-refractivity contribution is -0.113. The van der Waals surface area contributed by atoms with E-state index < -0.39 is 0 Å². The summed E-state index contributed by atoms with van der Waals surface area (Å²) in [5.74, 6) is 0.154. The zero-order valence-corrected chi connectivity index (χ0v) is 16.8. The smallest absolute Gasteiger partial charge is 0.270 e. The Kier molecular flexibility index (Phi) is 5.38. The average Bonchev–Trinajstić information content (AvgIpc) is 2.86. The summed E-state index contributed by atoms with van der Waals surface area (Å²) >= 11 is 16.0. The van der Waals surface area contributed by atoms with Gasteiger partial charge in [-0.2, -0.15) is 0 Å². The predicted octanol–water partition coefficient (Wildman–Crippen LogP) is 5.22. The summed E-state index contributed by atoms with van der Waals surface area (Å²) in [5, 5.41) is 10.2. The second-order valence-electron chi connectivity index (χ2n) is 5.05. The van der Waals surface area contributed by atoms with Crippen LogP contribution in [0.25, 0.3) is 6.08 Å². The topological polar surface area (TPSA) is 49.8 Å². The van der Waals surface area contributed by atoms with Gasteiger partial charge in [0.2, 0.25) is 0 Å². The number of anilines is 1. The summed E-state index contributed by atoms with van der Waals surface area (Å²) in [6.45, 7) is 0. The molecule has 0 aliphatic carbocycles. The fraction of sp³-hybridized carbons (Fsp3) is 0.0588. The average molecular weight is 457 g/mol. The van der Waals surface area contributed by atoms with Crippen molar-refractivity contribution in [2.75, 3.05) is 12.0 Å². The van der Waals surface area contributed by atoms with Crippen LogP contribution in [0.2, 0.25) is 5.02 Å². The molecule has 3 rings (SSSR count). The van der Waals surface area contributed by atoms with Crippen molar-refractivity contribution in [3.63, 3.8) is 0 Å². The summed E-state index contributed by atoms with van der Waals surface area (Å²) in [4.78, 5) is 14.7. The molecule has 8 heteroatoms. The van der Waals surface area contributed by atoms with E-state index in [9.17, 15) is 9.90 Å². The minimum absolute atomic E-state index is 0.0386. The molecule has 0 unspecified atom stereocenters. The second kappa shape index (κ2) is 7.37. The van der Waals surface area contributed by atoms with Gasteiger partial charge in [0.1, 0.15) is 0 Å². The van der Waals surface area contributed by atoms with Gasteiger partial charge in [-0.3, -0.25) is 9.69 Å². The van der Waals surface area contributed by atoms with Gasteiger partial charge in [-0.1, -0.05) is 41.6 Å². The van der Waals surface area contributed by atoms with Crippen LogP contribution in [0, 0.1) is 0 Å². The van der Waals surface area contributed by atoms with Gasteiger partial charge in [0.05, 0.1) is 22.7 Å². The van der Waals surface area contributed by atoms with Gasteiger partial charge < -0.3 is 9.84 Å². The van der Waals surface area contributed by atoms with Crippen LogP contribution >= 0.6 is 51.5 Å². The molecule has 1 saturated heterocycles. The molecule has 0 aromatic heterocycles. The number of halogens is 2. The molecule has 1 aliphatic heterocycles. The summed E-state index contributed by atoms with van der Waals surface area (Å²) < 4.78 is 6.26. The van der Waals surface area contributed by atoms with E-state index in [1.165, 1.54) is 29.8 Å². The van der Waals surface area contributed by atoms with Crippen molar-refractivity contribution in [2.24, 2.45) is 0 Å². The van der Waals surface area contributed by atoms with Crippen LogP contribution in [0.4, 0.5) is 5.69 Å². The Labute approximate surface area is 167 Å². The number of phenols is 1. The number of amides is 1. The van der Waals surface area contributed by atoms with E-state index in [0.29, 0.717) is 25.7 Å². The number of carbonyl (C=O) groups excluding carboxylic acids is 1. The number of carbonyl (C=O) groups is 1. The predicted molar refractivity (Wildman–Crippen MR) is 109 cm³/mol. The van der Waals surface area contributed by atoms with E-state index in [0.717, 1.165) is 10.0 Å². The van der Waals surface area contributed by atoms with Gasteiger partial charge in [0, 0.05) is 4.47 Å². The summed E-state index contributed by atoms with van der Waals surface area (Å²) in [6.07, 6.45) is 1.71. The van der Waals surface area contributed by atoms with E-state index in [2.05, 4.69) is 15.9 Å². The first-order valence-electron chi connectivity index (χ1n) is 7.00. The van der Waals surface area contributed by atoms with Crippen molar-refractivity contribution in [3.05, 3.63) is 56.4 Å². The molecular weight excluding hydrogens is 446 g/mol. The van der Waals surface area contributed by atoms with Gasteiger partial charge in [-0.05, 0) is 57.9 Å². The van der Waals surface area contributed by atoms with Crippen molar-refractivity contribution in [1.29, 1.82) is 0 Å². The standard InChI is InChI=1S/C17H11BrClNO3S2/c1-23-14-6-9(2-5-13(14)21)7-15-16(22)20(17(24)25-15)10-3-4-11(18)12(19)8-10/h2-8,21H,1H3/b15-7+. The Morgan fingerprint density at radius 1 is 1.32 bits per heavy atom. The minimum Gasteiger partial charge on any atom is -0.504 e. The SMILES string of the molecule is COc1cc(/C=C2/SC(=S)N(c3ccc(Br)c(Cl)c3)C2=O)ccc1O. The van der Waals surface area contributed by atoms with Gasteiger partial charge in [0.25, 0.3) is 5.91 Å². The summed E-state index contributed by atoms with van der Waals surface area (Å²) in [7, 11) is 1.47. The number of thiocarbonyl (C=S) groups is 1. The lowest BCUT2D eigenvalue weighted by atomic mass is 10.2. The van der Waals surface area contributed by atoms with Gasteiger partial charge in [0.15, 0.2) is 15.8 Å². The number of nitrogens with zero attached hydrogens (tertiary/aromatic N) is 1. The molecule has 128 valence electrons. The number of ether oxygens (including phenoxy) is 1. The number of hydrogen-bond acceptors (Lipinski definition) is 5. The van der Waals surface area contributed by atoms with Crippen LogP contribution in [0.15, 0.2) is 45.8 Å². The Bertz CT molecular complexity index is 917. The Balaban J connectivity index is 1.94. The largest absolute Gasteiger partial charge is 0.504 e. The Morgan fingerprint density at radius 3 is 2.76 bits per heavy atom. The van der Waals surface area contributed by atoms with Crippen LogP contribution in [0.3, 0.4) is 0 Å². The first-order valence-corrected chi connectivity index (χ1v) is 9.40. The maximum Gasteiger partial charge on any atom is 0.270 e. The Morgan fingerprint density at radius 2 is 2.08 bits per heavy atom. The lowest BCUT2D eigenvalue weighted by Gasteiger charge is -2.15. The summed E-state index contributed by atoms with van der Waals surface area (Å²) in [5.41, 5.74) is 1.34. The van der Waals surface area contributed by atoms with Crippen LogP contribution in [0.1, 0.15) is 5.56 Å². The maximum atomic E-state index is 12.8. The fourth-order valence-corrected chi connectivity index (χ4v) is 3.97. The van der Waals surface area contributed by atoms with E-state index in [-0.39, 0.29) is 11.7 Å².